The molecule has 0 aliphatic rings. The Morgan fingerprint density at radius 2 is 1.67 bits per heavy atom. The molecule has 0 unspecified atom stereocenters. The van der Waals surface area contributed by atoms with Crippen LogP contribution in [0.1, 0.15) is 48.0 Å². The molecule has 0 atom stereocenters. The quantitative estimate of drug-likeness (QED) is 0.547. The van der Waals surface area contributed by atoms with Crippen LogP contribution in [0.2, 0.25) is 0 Å². The zero-order chi connectivity index (χ0) is 9.72. The smallest absolute Gasteiger partial charge is 0.0257 e. The van der Waals surface area contributed by atoms with Crippen LogP contribution in [0.4, 0.5) is 0 Å². The van der Waals surface area contributed by atoms with Gasteiger partial charge in [-0.15, -0.1) is 0 Å². The van der Waals surface area contributed by atoms with Crippen molar-refractivity contribution in [2.24, 2.45) is 5.92 Å². The zero-order valence-electron chi connectivity index (χ0n) is 9.36. The largest absolute Gasteiger partial charge is 0.0735 e. The van der Waals surface area contributed by atoms with Crippen molar-refractivity contribution in [3.05, 3.63) is 22.8 Å². The monoisotopic (exact) mass is 166 g/mol. The summed E-state index contributed by atoms with van der Waals surface area (Å²) in [5.41, 5.74) is 4.39. The standard InChI is InChI=1S/C12H22/c1-7-12(10(4)5)8-11(6)9(2)3/h8,10H,7H2,1-6H3/b12-8+. The molecule has 0 heterocycles. The average molecular weight is 166 g/mol. The highest BCUT2D eigenvalue weighted by Gasteiger charge is 2.00. The molecular weight excluding hydrogens is 144 g/mol. The number of hydrogen-bond donors (Lipinski definition) is 0. The fourth-order valence-electron chi connectivity index (χ4n) is 1.10. The molecule has 0 aliphatic carbocycles. The molecule has 0 saturated carbocycles. The third-order valence-corrected chi connectivity index (χ3v) is 2.34. The highest BCUT2D eigenvalue weighted by atomic mass is 14.1. The molecule has 12 heavy (non-hydrogen) atoms. The van der Waals surface area contributed by atoms with Crippen molar-refractivity contribution in [3.8, 4) is 0 Å². The Bertz CT molecular complexity index is 188. The molecule has 0 aromatic rings. The Kier molecular flexibility index (Phi) is 4.96. The summed E-state index contributed by atoms with van der Waals surface area (Å²) in [6.45, 7) is 13.3. The highest BCUT2D eigenvalue weighted by Crippen LogP contribution is 2.17. The van der Waals surface area contributed by atoms with E-state index in [1.165, 1.54) is 17.6 Å². The molecule has 0 fully saturated rings. The van der Waals surface area contributed by atoms with Gasteiger partial charge < -0.3 is 0 Å². The lowest BCUT2D eigenvalue weighted by atomic mass is 9.97. The summed E-state index contributed by atoms with van der Waals surface area (Å²) in [7, 11) is 0. The summed E-state index contributed by atoms with van der Waals surface area (Å²) in [6, 6.07) is 0. The molecule has 0 N–H and O–H groups in total. The van der Waals surface area contributed by atoms with Crippen molar-refractivity contribution in [1.82, 2.24) is 0 Å². The normalized spacial score (nSPS) is 12.1. The van der Waals surface area contributed by atoms with Gasteiger partial charge in [-0.1, -0.05) is 43.6 Å². The molecule has 0 amide bonds. The Morgan fingerprint density at radius 1 is 1.17 bits per heavy atom. The van der Waals surface area contributed by atoms with Crippen LogP contribution in [0.5, 0.6) is 0 Å². The van der Waals surface area contributed by atoms with E-state index in [2.05, 4.69) is 47.6 Å². The van der Waals surface area contributed by atoms with Crippen LogP contribution >= 0.6 is 0 Å². The first-order chi connectivity index (χ1) is 5.49. The van der Waals surface area contributed by atoms with Crippen LogP contribution in [-0.2, 0) is 0 Å². The van der Waals surface area contributed by atoms with Crippen molar-refractivity contribution < 1.29 is 0 Å². The van der Waals surface area contributed by atoms with E-state index in [0.29, 0.717) is 5.92 Å². The van der Waals surface area contributed by atoms with E-state index in [0.717, 1.165) is 0 Å². The van der Waals surface area contributed by atoms with Gasteiger partial charge >= 0.3 is 0 Å². The van der Waals surface area contributed by atoms with Crippen molar-refractivity contribution in [1.29, 1.82) is 0 Å². The van der Waals surface area contributed by atoms with E-state index in [1.807, 2.05) is 0 Å². The topological polar surface area (TPSA) is 0 Å². The number of rotatable bonds is 3. The summed E-state index contributed by atoms with van der Waals surface area (Å²) in [5.74, 6) is 0.685. The lowest BCUT2D eigenvalue weighted by Gasteiger charge is -2.09. The lowest BCUT2D eigenvalue weighted by molar-refractivity contribution is 0.730. The van der Waals surface area contributed by atoms with Gasteiger partial charge in [-0.3, -0.25) is 0 Å². The van der Waals surface area contributed by atoms with Gasteiger partial charge in [-0.2, -0.15) is 0 Å². The van der Waals surface area contributed by atoms with Crippen LogP contribution in [0.3, 0.4) is 0 Å². The van der Waals surface area contributed by atoms with Crippen LogP contribution < -0.4 is 0 Å². The average Bonchev–Trinajstić information content (AvgIpc) is 1.98. The third kappa shape index (κ3) is 3.75. The molecule has 0 aliphatic heterocycles. The molecule has 70 valence electrons. The first kappa shape index (κ1) is 11.5. The Morgan fingerprint density at radius 3 is 1.92 bits per heavy atom. The van der Waals surface area contributed by atoms with E-state index in [9.17, 15) is 0 Å². The maximum atomic E-state index is 2.33. The van der Waals surface area contributed by atoms with Gasteiger partial charge in [0.2, 0.25) is 0 Å². The third-order valence-electron chi connectivity index (χ3n) is 2.34. The summed E-state index contributed by atoms with van der Waals surface area (Å²) >= 11 is 0. The van der Waals surface area contributed by atoms with Crippen molar-refractivity contribution >= 4 is 0 Å². The predicted octanol–water partition coefficient (Wildman–Crippen LogP) is 4.34. The second kappa shape index (κ2) is 5.18. The molecule has 0 saturated heterocycles. The van der Waals surface area contributed by atoms with E-state index >= 15 is 0 Å². The minimum absolute atomic E-state index is 0.685. The van der Waals surface area contributed by atoms with Gasteiger partial charge in [-0.05, 0) is 33.1 Å². The lowest BCUT2D eigenvalue weighted by Crippen LogP contribution is -1.93. The van der Waals surface area contributed by atoms with E-state index in [4.69, 9.17) is 0 Å². The first-order valence-electron chi connectivity index (χ1n) is 4.83. The van der Waals surface area contributed by atoms with E-state index in [1.54, 1.807) is 5.57 Å². The number of allylic oxidation sites excluding steroid dienone is 4. The molecule has 0 spiro atoms. The summed E-state index contributed by atoms with van der Waals surface area (Å²) in [5, 5.41) is 0. The van der Waals surface area contributed by atoms with Crippen LogP contribution in [0, 0.1) is 5.92 Å². The van der Waals surface area contributed by atoms with Crippen molar-refractivity contribution in [3.63, 3.8) is 0 Å². The Labute approximate surface area is 77.4 Å². The second-order valence-corrected chi connectivity index (χ2v) is 3.91. The molecular formula is C12H22. The van der Waals surface area contributed by atoms with Crippen LogP contribution in [-0.4, -0.2) is 0 Å². The number of hydrogen-bond acceptors (Lipinski definition) is 0. The second-order valence-electron chi connectivity index (χ2n) is 3.91. The molecule has 0 radical (unpaired) electrons. The van der Waals surface area contributed by atoms with Crippen molar-refractivity contribution in [2.75, 3.05) is 0 Å². The van der Waals surface area contributed by atoms with Crippen LogP contribution in [0.15, 0.2) is 22.8 Å². The fourth-order valence-corrected chi connectivity index (χ4v) is 1.10. The minimum atomic E-state index is 0.685. The van der Waals surface area contributed by atoms with Gasteiger partial charge in [0.1, 0.15) is 0 Å². The van der Waals surface area contributed by atoms with Gasteiger partial charge in [0.25, 0.3) is 0 Å². The summed E-state index contributed by atoms with van der Waals surface area (Å²) in [4.78, 5) is 0. The van der Waals surface area contributed by atoms with Gasteiger partial charge in [0, 0.05) is 0 Å². The van der Waals surface area contributed by atoms with Crippen LogP contribution in [0.25, 0.3) is 0 Å². The minimum Gasteiger partial charge on any atom is -0.0735 e. The molecule has 0 bridgehead atoms. The van der Waals surface area contributed by atoms with Crippen molar-refractivity contribution in [2.45, 2.75) is 48.0 Å². The predicted molar refractivity (Wildman–Crippen MR) is 57.3 cm³/mol. The van der Waals surface area contributed by atoms with E-state index in [-0.39, 0.29) is 0 Å². The maximum Gasteiger partial charge on any atom is -0.0257 e. The zero-order valence-corrected chi connectivity index (χ0v) is 9.36. The molecule has 0 aromatic heterocycles. The first-order valence-corrected chi connectivity index (χ1v) is 4.83. The molecule has 0 rings (SSSR count). The van der Waals surface area contributed by atoms with Gasteiger partial charge in [0.05, 0.1) is 0 Å². The Hall–Kier alpha value is -0.520. The fraction of sp³-hybridized carbons (Fsp3) is 0.667. The summed E-state index contributed by atoms with van der Waals surface area (Å²) < 4.78 is 0. The van der Waals surface area contributed by atoms with E-state index < -0.39 is 0 Å². The Balaban J connectivity index is 4.61. The summed E-state index contributed by atoms with van der Waals surface area (Å²) in [6.07, 6.45) is 3.50. The molecule has 0 aromatic carbocycles. The molecule has 0 nitrogen and oxygen atoms in total. The molecule has 0 heteroatoms. The SMILES string of the molecule is CC/C(=C\C(C)=C(C)C)C(C)C. The van der Waals surface area contributed by atoms with Gasteiger partial charge in [0.15, 0.2) is 0 Å². The highest BCUT2D eigenvalue weighted by molar-refractivity contribution is 5.25. The van der Waals surface area contributed by atoms with Gasteiger partial charge in [-0.25, -0.2) is 0 Å². The maximum absolute atomic E-state index is 2.33.